The zero-order valence-corrected chi connectivity index (χ0v) is 46.3. The number of rotatable bonds is 51. The van der Waals surface area contributed by atoms with Gasteiger partial charge in [0.05, 0.1) is 26.2 Å². The number of carbonyl (C=O) groups is 3. The van der Waals surface area contributed by atoms with Crippen LogP contribution in [0.3, 0.4) is 0 Å². The molecule has 0 rings (SSSR count). The highest BCUT2D eigenvalue weighted by Crippen LogP contribution is 2.43. The standard InChI is InChI=1S/C60H101O11P/c1-4-7-10-13-16-19-22-25-28-31-34-37-40-43-46-49-58(62)67-53-57(71-60(64)51-48-45-42-39-36-33-30-27-24-21-18-15-12-9-6-3)55-69-72(65,66)68-54-56(52-61)70-59(63)50-47-44-41-38-35-32-29-26-23-20-17-14-11-8-5-2/h9,12,17-18,20-21,25-30,36,39,45,48,56-57,61H,4-8,10-11,13-16,19,22-24,31-35,37-38,40-44,46-47,49-55H2,1-3H3,(H,65,66)/b12-9-,20-17-,21-18-,28-25-,29-26-,30-27-,39-36-,48-45-. The average molecular weight is 1030 g/mol. The number of phosphoric acid groups is 1. The van der Waals surface area contributed by atoms with E-state index in [2.05, 4.69) is 93.7 Å². The molecule has 0 bridgehead atoms. The number of aliphatic hydroxyl groups excluding tert-OH is 1. The minimum Gasteiger partial charge on any atom is -0.462 e. The Kier molecular flexibility index (Phi) is 51.0. The molecule has 0 radical (unpaired) electrons. The van der Waals surface area contributed by atoms with Gasteiger partial charge >= 0.3 is 25.7 Å². The molecule has 0 saturated heterocycles. The second-order valence-corrected chi connectivity index (χ2v) is 19.8. The molecule has 0 aromatic heterocycles. The van der Waals surface area contributed by atoms with Gasteiger partial charge in [-0.3, -0.25) is 23.4 Å². The number of allylic oxidation sites excluding steroid dienone is 15. The van der Waals surface area contributed by atoms with Crippen molar-refractivity contribution in [2.45, 2.75) is 238 Å². The summed E-state index contributed by atoms with van der Waals surface area (Å²) in [5, 5.41) is 9.80. The lowest BCUT2D eigenvalue weighted by atomic mass is 10.1. The highest BCUT2D eigenvalue weighted by Gasteiger charge is 2.28. The molecule has 0 amide bonds. The van der Waals surface area contributed by atoms with Crippen molar-refractivity contribution in [2.24, 2.45) is 0 Å². The molecular weight excluding hydrogens is 928 g/mol. The van der Waals surface area contributed by atoms with Gasteiger partial charge in [0.25, 0.3) is 0 Å². The number of carbonyl (C=O) groups excluding carboxylic acids is 3. The van der Waals surface area contributed by atoms with Crippen LogP contribution in [0.5, 0.6) is 0 Å². The lowest BCUT2D eigenvalue weighted by molar-refractivity contribution is -0.160. The van der Waals surface area contributed by atoms with Crippen molar-refractivity contribution in [2.75, 3.05) is 26.4 Å². The first-order chi connectivity index (χ1) is 35.2. The number of ether oxygens (including phenoxy) is 3. The lowest BCUT2D eigenvalue weighted by Crippen LogP contribution is -2.30. The maximum atomic E-state index is 12.9. The number of hydrogen-bond acceptors (Lipinski definition) is 10. The molecule has 0 fully saturated rings. The number of phosphoric ester groups is 1. The van der Waals surface area contributed by atoms with Gasteiger partial charge < -0.3 is 24.2 Å². The minimum absolute atomic E-state index is 0.0705. The van der Waals surface area contributed by atoms with Crippen LogP contribution in [0.15, 0.2) is 97.2 Å². The van der Waals surface area contributed by atoms with E-state index in [1.54, 1.807) is 6.08 Å². The summed E-state index contributed by atoms with van der Waals surface area (Å²) in [5.41, 5.74) is 0. The third-order valence-corrected chi connectivity index (χ3v) is 12.4. The van der Waals surface area contributed by atoms with Gasteiger partial charge in [-0.05, 0) is 103 Å². The van der Waals surface area contributed by atoms with Crippen LogP contribution in [0, 0.1) is 0 Å². The van der Waals surface area contributed by atoms with E-state index in [1.807, 2.05) is 18.2 Å². The van der Waals surface area contributed by atoms with Crippen LogP contribution >= 0.6 is 7.82 Å². The van der Waals surface area contributed by atoms with Crippen molar-refractivity contribution in [3.05, 3.63) is 97.2 Å². The topological polar surface area (TPSA) is 155 Å². The Balaban J connectivity index is 4.86. The van der Waals surface area contributed by atoms with E-state index in [9.17, 15) is 28.9 Å². The van der Waals surface area contributed by atoms with Crippen molar-refractivity contribution >= 4 is 25.7 Å². The fraction of sp³-hybridized carbons (Fsp3) is 0.683. The van der Waals surface area contributed by atoms with Crippen LogP contribution in [0.4, 0.5) is 0 Å². The quantitative estimate of drug-likeness (QED) is 0.0197. The first kappa shape index (κ1) is 68.4. The zero-order valence-electron chi connectivity index (χ0n) is 45.4. The Morgan fingerprint density at radius 1 is 0.417 bits per heavy atom. The maximum absolute atomic E-state index is 12.9. The first-order valence-corrected chi connectivity index (χ1v) is 29.6. The van der Waals surface area contributed by atoms with Crippen LogP contribution in [-0.2, 0) is 42.2 Å². The van der Waals surface area contributed by atoms with Crippen LogP contribution in [-0.4, -0.2) is 66.5 Å². The summed E-state index contributed by atoms with van der Waals surface area (Å²) in [6, 6.07) is 0. The van der Waals surface area contributed by atoms with Crippen molar-refractivity contribution in [1.29, 1.82) is 0 Å². The SMILES string of the molecule is CC/C=C\C/C=C\C/C=C\C/C=C\C/C=C\CC(=O)OC(COC(=O)CCCCCCC/C=C\CCCCCCCC)COP(=O)(O)OCC(CO)OC(=O)CCCCCCC/C=C\C/C=C\CCCCC. The molecule has 72 heavy (non-hydrogen) atoms. The van der Waals surface area contributed by atoms with E-state index in [0.717, 1.165) is 109 Å². The molecule has 0 aromatic carbocycles. The highest BCUT2D eigenvalue weighted by molar-refractivity contribution is 7.47. The summed E-state index contributed by atoms with van der Waals surface area (Å²) in [6.07, 6.45) is 62.5. The zero-order chi connectivity index (χ0) is 52.7. The van der Waals surface area contributed by atoms with Crippen molar-refractivity contribution in [1.82, 2.24) is 0 Å². The molecule has 0 aromatic rings. The summed E-state index contributed by atoms with van der Waals surface area (Å²) >= 11 is 0. The molecule has 0 spiro atoms. The Morgan fingerprint density at radius 3 is 1.26 bits per heavy atom. The van der Waals surface area contributed by atoms with Gasteiger partial charge in [-0.15, -0.1) is 0 Å². The second kappa shape index (κ2) is 53.7. The Morgan fingerprint density at radius 2 is 0.778 bits per heavy atom. The maximum Gasteiger partial charge on any atom is 0.472 e. The normalized spacial score (nSPS) is 14.1. The molecule has 412 valence electrons. The Hall–Kier alpha value is -3.60. The van der Waals surface area contributed by atoms with Crippen molar-refractivity contribution < 1.29 is 52.2 Å². The number of aliphatic hydroxyl groups is 1. The van der Waals surface area contributed by atoms with E-state index in [0.29, 0.717) is 19.3 Å². The summed E-state index contributed by atoms with van der Waals surface area (Å²) in [7, 11) is -4.78. The molecule has 0 aliphatic rings. The molecule has 0 saturated carbocycles. The fourth-order valence-corrected chi connectivity index (χ4v) is 8.00. The number of esters is 3. The van der Waals surface area contributed by atoms with E-state index >= 15 is 0 Å². The highest BCUT2D eigenvalue weighted by atomic mass is 31.2. The van der Waals surface area contributed by atoms with Gasteiger partial charge in [-0.25, -0.2) is 4.57 Å². The fourth-order valence-electron chi connectivity index (χ4n) is 7.22. The van der Waals surface area contributed by atoms with Gasteiger partial charge in [0.2, 0.25) is 0 Å². The Bertz CT molecular complexity index is 1580. The molecule has 3 unspecified atom stereocenters. The third kappa shape index (κ3) is 51.3. The minimum atomic E-state index is -4.78. The van der Waals surface area contributed by atoms with Gasteiger partial charge in [-0.2, -0.15) is 0 Å². The Labute approximate surface area is 438 Å². The van der Waals surface area contributed by atoms with E-state index in [-0.39, 0.29) is 25.9 Å². The molecule has 0 aliphatic heterocycles. The van der Waals surface area contributed by atoms with Crippen LogP contribution in [0.2, 0.25) is 0 Å². The smallest absolute Gasteiger partial charge is 0.462 e. The molecule has 3 atom stereocenters. The number of unbranched alkanes of at least 4 members (excludes halogenated alkanes) is 19. The molecule has 0 heterocycles. The van der Waals surface area contributed by atoms with E-state index in [4.69, 9.17) is 23.3 Å². The molecule has 0 aliphatic carbocycles. The van der Waals surface area contributed by atoms with Crippen LogP contribution in [0.1, 0.15) is 226 Å². The van der Waals surface area contributed by atoms with Gasteiger partial charge in [0.1, 0.15) is 12.7 Å². The lowest BCUT2D eigenvalue weighted by Gasteiger charge is -2.21. The first-order valence-electron chi connectivity index (χ1n) is 28.1. The predicted octanol–water partition coefficient (Wildman–Crippen LogP) is 16.5. The largest absolute Gasteiger partial charge is 0.472 e. The van der Waals surface area contributed by atoms with Gasteiger partial charge in [0.15, 0.2) is 6.10 Å². The summed E-state index contributed by atoms with van der Waals surface area (Å²) in [6.45, 7) is 4.35. The van der Waals surface area contributed by atoms with Crippen LogP contribution in [0.25, 0.3) is 0 Å². The second-order valence-electron chi connectivity index (χ2n) is 18.4. The molecular formula is C60H101O11P. The monoisotopic (exact) mass is 1030 g/mol. The van der Waals surface area contributed by atoms with Crippen molar-refractivity contribution in [3.8, 4) is 0 Å². The average Bonchev–Trinajstić information content (AvgIpc) is 3.37. The molecule has 11 nitrogen and oxygen atoms in total. The van der Waals surface area contributed by atoms with E-state index < -0.39 is 57.8 Å². The molecule has 12 heteroatoms. The molecule has 2 N–H and O–H groups in total. The van der Waals surface area contributed by atoms with Crippen LogP contribution < -0.4 is 0 Å². The van der Waals surface area contributed by atoms with Gasteiger partial charge in [0, 0.05) is 12.8 Å². The summed E-state index contributed by atoms with van der Waals surface area (Å²) < 4.78 is 39.3. The van der Waals surface area contributed by atoms with Gasteiger partial charge in [-0.1, -0.05) is 201 Å². The number of hydrogen-bond donors (Lipinski definition) is 2. The summed E-state index contributed by atoms with van der Waals surface area (Å²) in [5.74, 6) is -1.65. The van der Waals surface area contributed by atoms with E-state index in [1.165, 1.54) is 57.8 Å². The predicted molar refractivity (Wildman–Crippen MR) is 297 cm³/mol. The summed E-state index contributed by atoms with van der Waals surface area (Å²) in [4.78, 5) is 48.4. The van der Waals surface area contributed by atoms with Crippen molar-refractivity contribution in [3.63, 3.8) is 0 Å². The third-order valence-electron chi connectivity index (χ3n) is 11.5.